The van der Waals surface area contributed by atoms with E-state index in [4.69, 9.17) is 4.74 Å². The van der Waals surface area contributed by atoms with Crippen LogP contribution >= 0.6 is 12.4 Å². The first-order valence-electron chi connectivity index (χ1n) is 8.79. The van der Waals surface area contributed by atoms with Gasteiger partial charge in [0, 0.05) is 25.0 Å². The zero-order valence-corrected chi connectivity index (χ0v) is 15.7. The van der Waals surface area contributed by atoms with Gasteiger partial charge in [0.15, 0.2) is 0 Å². The van der Waals surface area contributed by atoms with Crippen molar-refractivity contribution in [2.24, 2.45) is 5.92 Å². The SMILES string of the molecule is Cl.FC(F)(F)c1cccnc1-c1ccc2nc(/C=C/C3CCOCC3)[nH]c2c1. The summed E-state index contributed by atoms with van der Waals surface area (Å²) in [7, 11) is 0. The maximum atomic E-state index is 13.3. The quantitative estimate of drug-likeness (QED) is 0.621. The lowest BCUT2D eigenvalue weighted by Gasteiger charge is -2.18. The summed E-state index contributed by atoms with van der Waals surface area (Å²) >= 11 is 0. The van der Waals surface area contributed by atoms with Gasteiger partial charge in [0.05, 0.1) is 22.3 Å². The van der Waals surface area contributed by atoms with Crippen molar-refractivity contribution in [2.75, 3.05) is 13.2 Å². The van der Waals surface area contributed by atoms with Gasteiger partial charge in [0.25, 0.3) is 0 Å². The van der Waals surface area contributed by atoms with Crippen LogP contribution in [0.25, 0.3) is 28.4 Å². The van der Waals surface area contributed by atoms with Gasteiger partial charge >= 0.3 is 6.18 Å². The van der Waals surface area contributed by atoms with Crippen LogP contribution in [0, 0.1) is 5.92 Å². The molecule has 0 spiro atoms. The van der Waals surface area contributed by atoms with Crippen molar-refractivity contribution < 1.29 is 17.9 Å². The van der Waals surface area contributed by atoms with Gasteiger partial charge in [0.1, 0.15) is 5.82 Å². The summed E-state index contributed by atoms with van der Waals surface area (Å²) in [4.78, 5) is 11.6. The van der Waals surface area contributed by atoms with Crippen molar-refractivity contribution in [2.45, 2.75) is 19.0 Å². The number of aromatic amines is 1. The normalized spacial score (nSPS) is 15.8. The molecule has 0 bridgehead atoms. The van der Waals surface area contributed by atoms with E-state index < -0.39 is 11.7 Å². The van der Waals surface area contributed by atoms with Crippen LogP contribution in [0.15, 0.2) is 42.6 Å². The lowest BCUT2D eigenvalue weighted by Crippen LogP contribution is -2.13. The van der Waals surface area contributed by atoms with E-state index >= 15 is 0 Å². The minimum atomic E-state index is -4.45. The summed E-state index contributed by atoms with van der Waals surface area (Å²) in [5.41, 5.74) is 0.955. The Morgan fingerprint density at radius 1 is 1.14 bits per heavy atom. The highest BCUT2D eigenvalue weighted by Crippen LogP contribution is 2.36. The lowest BCUT2D eigenvalue weighted by molar-refractivity contribution is -0.137. The highest BCUT2D eigenvalue weighted by molar-refractivity contribution is 5.85. The van der Waals surface area contributed by atoms with Crippen LogP contribution in [0.2, 0.25) is 0 Å². The fourth-order valence-corrected chi connectivity index (χ4v) is 3.26. The first kappa shape index (κ1) is 20.4. The molecule has 0 amide bonds. The van der Waals surface area contributed by atoms with Crippen molar-refractivity contribution in [3.8, 4) is 11.3 Å². The van der Waals surface area contributed by atoms with Gasteiger partial charge in [-0.2, -0.15) is 13.2 Å². The average Bonchev–Trinajstić information content (AvgIpc) is 3.08. The number of ether oxygens (including phenoxy) is 1. The number of hydrogen-bond acceptors (Lipinski definition) is 3. The monoisotopic (exact) mass is 409 g/mol. The molecule has 4 nitrogen and oxygen atoms in total. The average molecular weight is 410 g/mol. The highest BCUT2D eigenvalue weighted by Gasteiger charge is 2.34. The number of aromatic nitrogens is 3. The Morgan fingerprint density at radius 2 is 1.93 bits per heavy atom. The number of imidazole rings is 1. The second kappa shape index (κ2) is 8.32. The second-order valence-corrected chi connectivity index (χ2v) is 6.56. The molecule has 3 heterocycles. The van der Waals surface area contributed by atoms with Crippen LogP contribution in [0.5, 0.6) is 0 Å². The third-order valence-corrected chi connectivity index (χ3v) is 4.68. The van der Waals surface area contributed by atoms with Gasteiger partial charge in [-0.3, -0.25) is 4.98 Å². The summed E-state index contributed by atoms with van der Waals surface area (Å²) in [5.74, 6) is 1.15. The van der Waals surface area contributed by atoms with Crippen LogP contribution in [0.1, 0.15) is 24.2 Å². The van der Waals surface area contributed by atoms with Crippen molar-refractivity contribution in [3.63, 3.8) is 0 Å². The molecular weight excluding hydrogens is 391 g/mol. The van der Waals surface area contributed by atoms with E-state index in [9.17, 15) is 13.2 Å². The van der Waals surface area contributed by atoms with Crippen LogP contribution in [0.3, 0.4) is 0 Å². The Morgan fingerprint density at radius 3 is 2.68 bits per heavy atom. The standard InChI is InChI=1S/C20H18F3N3O.ClH/c21-20(22,23)15-2-1-9-24-19(15)14-4-5-16-17(12-14)26-18(25-16)6-3-13-7-10-27-11-8-13;/h1-6,9,12-13H,7-8,10-11H2,(H,25,26);1H/b6-3+;. The number of nitrogens with zero attached hydrogens (tertiary/aromatic N) is 2. The zero-order chi connectivity index (χ0) is 18.9. The molecule has 3 aromatic rings. The number of alkyl halides is 3. The van der Waals surface area contributed by atoms with E-state index in [2.05, 4.69) is 21.0 Å². The molecule has 0 radical (unpaired) electrons. The fourth-order valence-electron chi connectivity index (χ4n) is 3.26. The molecule has 148 valence electrons. The summed E-state index contributed by atoms with van der Waals surface area (Å²) < 4.78 is 45.1. The lowest BCUT2D eigenvalue weighted by atomic mass is 10.00. The molecule has 1 aliphatic rings. The van der Waals surface area contributed by atoms with Crippen molar-refractivity contribution >= 4 is 29.5 Å². The number of hydrogen-bond donors (Lipinski definition) is 1. The van der Waals surface area contributed by atoms with E-state index in [1.165, 1.54) is 12.3 Å². The van der Waals surface area contributed by atoms with E-state index in [0.29, 0.717) is 28.3 Å². The maximum absolute atomic E-state index is 13.3. The van der Waals surface area contributed by atoms with E-state index in [1.807, 2.05) is 6.08 Å². The highest BCUT2D eigenvalue weighted by atomic mass is 35.5. The number of rotatable bonds is 3. The maximum Gasteiger partial charge on any atom is 0.418 e. The van der Waals surface area contributed by atoms with Gasteiger partial charge in [-0.25, -0.2) is 4.98 Å². The third-order valence-electron chi connectivity index (χ3n) is 4.68. The molecule has 1 aromatic carbocycles. The Kier molecular flexibility index (Phi) is 6.05. The molecule has 0 unspecified atom stereocenters. The largest absolute Gasteiger partial charge is 0.418 e. The minimum absolute atomic E-state index is 0. The Bertz CT molecular complexity index is 978. The van der Waals surface area contributed by atoms with E-state index in [-0.39, 0.29) is 18.1 Å². The third kappa shape index (κ3) is 4.36. The predicted molar refractivity (Wildman–Crippen MR) is 104 cm³/mol. The first-order chi connectivity index (χ1) is 13.0. The molecule has 4 rings (SSSR count). The molecule has 1 fully saturated rings. The summed E-state index contributed by atoms with van der Waals surface area (Å²) in [6.45, 7) is 1.54. The second-order valence-electron chi connectivity index (χ2n) is 6.56. The van der Waals surface area contributed by atoms with Gasteiger partial charge in [-0.15, -0.1) is 12.4 Å². The van der Waals surface area contributed by atoms with Crippen LogP contribution in [-0.2, 0) is 10.9 Å². The van der Waals surface area contributed by atoms with Gasteiger partial charge < -0.3 is 9.72 Å². The molecule has 1 N–H and O–H groups in total. The van der Waals surface area contributed by atoms with Crippen LogP contribution in [-0.4, -0.2) is 28.2 Å². The molecule has 0 atom stereocenters. The molecule has 2 aromatic heterocycles. The molecule has 1 aliphatic heterocycles. The fraction of sp³-hybridized carbons (Fsp3) is 0.300. The number of H-pyrrole nitrogens is 1. The topological polar surface area (TPSA) is 50.8 Å². The number of pyridine rings is 1. The predicted octanol–water partition coefficient (Wildman–Crippen LogP) is 5.51. The van der Waals surface area contributed by atoms with Crippen molar-refractivity contribution in [1.82, 2.24) is 15.0 Å². The Hall–Kier alpha value is -2.38. The molecule has 0 saturated carbocycles. The van der Waals surface area contributed by atoms with Gasteiger partial charge in [-0.05, 0) is 49.1 Å². The minimum Gasteiger partial charge on any atom is -0.381 e. The number of allylic oxidation sites excluding steroid dienone is 1. The Balaban J connectivity index is 0.00000225. The molecular formula is C20H19ClF3N3O. The summed E-state index contributed by atoms with van der Waals surface area (Å²) in [6, 6.07) is 7.32. The zero-order valence-electron chi connectivity index (χ0n) is 14.9. The summed E-state index contributed by atoms with van der Waals surface area (Å²) in [6.07, 6.45) is 2.93. The van der Waals surface area contributed by atoms with E-state index in [1.54, 1.807) is 18.2 Å². The number of halogens is 4. The smallest absolute Gasteiger partial charge is 0.381 e. The van der Waals surface area contributed by atoms with E-state index in [0.717, 1.165) is 32.1 Å². The number of benzene rings is 1. The number of nitrogens with one attached hydrogen (secondary N) is 1. The first-order valence-corrected chi connectivity index (χ1v) is 8.79. The van der Waals surface area contributed by atoms with Crippen molar-refractivity contribution in [1.29, 1.82) is 0 Å². The van der Waals surface area contributed by atoms with Gasteiger partial charge in [0.2, 0.25) is 0 Å². The molecule has 28 heavy (non-hydrogen) atoms. The molecule has 8 heteroatoms. The van der Waals surface area contributed by atoms with Gasteiger partial charge in [-0.1, -0.05) is 12.1 Å². The number of fused-ring (bicyclic) bond motifs is 1. The molecule has 0 aliphatic carbocycles. The molecule has 1 saturated heterocycles. The summed E-state index contributed by atoms with van der Waals surface area (Å²) in [5, 5.41) is 0. The van der Waals surface area contributed by atoms with Crippen molar-refractivity contribution in [3.05, 3.63) is 54.0 Å². The van der Waals surface area contributed by atoms with Crippen LogP contribution in [0.4, 0.5) is 13.2 Å². The Labute approximate surface area is 166 Å². The van der Waals surface area contributed by atoms with Crippen LogP contribution < -0.4 is 0 Å².